The van der Waals surface area contributed by atoms with Crippen LogP contribution in [0.4, 0.5) is 0 Å². The van der Waals surface area contributed by atoms with Crippen molar-refractivity contribution < 1.29 is 9.59 Å². The zero-order valence-electron chi connectivity index (χ0n) is 10.6. The van der Waals surface area contributed by atoms with E-state index in [1.807, 2.05) is 0 Å². The second-order valence-electron chi connectivity index (χ2n) is 4.17. The highest BCUT2D eigenvalue weighted by atomic mass is 16.2. The van der Waals surface area contributed by atoms with Crippen molar-refractivity contribution in [2.24, 2.45) is 5.73 Å². The van der Waals surface area contributed by atoms with Gasteiger partial charge in [0.15, 0.2) is 5.43 Å². The third kappa shape index (κ3) is 3.11. The fourth-order valence-corrected chi connectivity index (χ4v) is 1.71. The highest BCUT2D eigenvalue weighted by molar-refractivity contribution is 5.94. The average molecular weight is 271 g/mol. The van der Waals surface area contributed by atoms with E-state index in [0.717, 1.165) is 5.56 Å². The predicted octanol–water partition coefficient (Wildman–Crippen LogP) is 0.404. The molecule has 0 atom stereocenters. The third-order valence-electron chi connectivity index (χ3n) is 2.73. The van der Waals surface area contributed by atoms with Gasteiger partial charge in [0.25, 0.3) is 5.91 Å². The van der Waals surface area contributed by atoms with Crippen molar-refractivity contribution in [3.8, 4) is 0 Å². The van der Waals surface area contributed by atoms with E-state index in [2.05, 4.69) is 10.3 Å². The molecule has 0 bridgehead atoms. The SMILES string of the molecule is NC(=O)c1cccc(CNC(=O)c2c[nH]ccc2=O)c1. The predicted molar refractivity (Wildman–Crippen MR) is 73.2 cm³/mol. The van der Waals surface area contributed by atoms with Gasteiger partial charge in [-0.2, -0.15) is 0 Å². The molecule has 0 aliphatic carbocycles. The molecule has 0 fully saturated rings. The number of pyridine rings is 1. The number of aromatic amines is 1. The lowest BCUT2D eigenvalue weighted by molar-refractivity contribution is 0.0949. The molecule has 0 unspecified atom stereocenters. The molecule has 20 heavy (non-hydrogen) atoms. The molecule has 0 radical (unpaired) electrons. The number of nitrogens with one attached hydrogen (secondary N) is 2. The minimum absolute atomic E-state index is 0.0403. The minimum Gasteiger partial charge on any atom is -0.367 e. The summed E-state index contributed by atoms with van der Waals surface area (Å²) in [5, 5.41) is 2.61. The van der Waals surface area contributed by atoms with Gasteiger partial charge in [-0.05, 0) is 17.7 Å². The Balaban J connectivity index is 2.08. The number of hydrogen-bond donors (Lipinski definition) is 3. The fourth-order valence-electron chi connectivity index (χ4n) is 1.71. The molecule has 0 spiro atoms. The van der Waals surface area contributed by atoms with Crippen molar-refractivity contribution in [3.63, 3.8) is 0 Å². The number of carbonyl (C=O) groups is 2. The Bertz CT molecular complexity index is 707. The van der Waals surface area contributed by atoms with E-state index >= 15 is 0 Å². The maximum Gasteiger partial charge on any atom is 0.257 e. The van der Waals surface area contributed by atoms with Crippen LogP contribution in [0.1, 0.15) is 26.3 Å². The Morgan fingerprint density at radius 1 is 1.25 bits per heavy atom. The molecule has 6 heteroatoms. The van der Waals surface area contributed by atoms with Crippen LogP contribution in [-0.4, -0.2) is 16.8 Å². The zero-order valence-corrected chi connectivity index (χ0v) is 10.6. The largest absolute Gasteiger partial charge is 0.367 e. The van der Waals surface area contributed by atoms with Crippen LogP contribution < -0.4 is 16.5 Å². The van der Waals surface area contributed by atoms with Gasteiger partial charge in [0.05, 0.1) is 0 Å². The summed E-state index contributed by atoms with van der Waals surface area (Å²) < 4.78 is 0. The molecule has 0 saturated carbocycles. The highest BCUT2D eigenvalue weighted by Gasteiger charge is 2.09. The van der Waals surface area contributed by atoms with E-state index in [1.165, 1.54) is 18.5 Å². The lowest BCUT2D eigenvalue weighted by Gasteiger charge is -2.05. The second kappa shape index (κ2) is 5.83. The molecule has 2 amide bonds. The number of rotatable bonds is 4. The zero-order chi connectivity index (χ0) is 14.5. The first kappa shape index (κ1) is 13.5. The van der Waals surface area contributed by atoms with Crippen molar-refractivity contribution in [2.75, 3.05) is 0 Å². The number of nitrogens with two attached hydrogens (primary N) is 1. The van der Waals surface area contributed by atoms with Crippen molar-refractivity contribution in [1.29, 1.82) is 0 Å². The van der Waals surface area contributed by atoms with Gasteiger partial charge in [-0.15, -0.1) is 0 Å². The van der Waals surface area contributed by atoms with E-state index in [0.29, 0.717) is 5.56 Å². The summed E-state index contributed by atoms with van der Waals surface area (Å²) in [4.78, 5) is 37.0. The van der Waals surface area contributed by atoms with Gasteiger partial charge in [0.1, 0.15) is 5.56 Å². The Labute approximate surface area is 114 Å². The lowest BCUT2D eigenvalue weighted by Crippen LogP contribution is -2.28. The van der Waals surface area contributed by atoms with Crippen LogP contribution in [0.2, 0.25) is 0 Å². The van der Waals surface area contributed by atoms with Crippen molar-refractivity contribution >= 4 is 11.8 Å². The molecule has 0 saturated heterocycles. The van der Waals surface area contributed by atoms with E-state index in [4.69, 9.17) is 5.73 Å². The van der Waals surface area contributed by atoms with Gasteiger partial charge < -0.3 is 16.0 Å². The molecule has 0 aliphatic rings. The summed E-state index contributed by atoms with van der Waals surface area (Å²) in [6.45, 7) is 0.203. The van der Waals surface area contributed by atoms with Gasteiger partial charge in [-0.3, -0.25) is 14.4 Å². The van der Waals surface area contributed by atoms with Gasteiger partial charge in [0, 0.05) is 30.6 Å². The second-order valence-corrected chi connectivity index (χ2v) is 4.17. The van der Waals surface area contributed by atoms with E-state index in [9.17, 15) is 14.4 Å². The van der Waals surface area contributed by atoms with Crippen molar-refractivity contribution in [3.05, 3.63) is 69.6 Å². The Morgan fingerprint density at radius 2 is 2.05 bits per heavy atom. The molecular formula is C14H13N3O3. The molecule has 2 aromatic rings. The van der Waals surface area contributed by atoms with Crippen LogP contribution in [0.3, 0.4) is 0 Å². The first-order valence-corrected chi connectivity index (χ1v) is 5.92. The van der Waals surface area contributed by atoms with Gasteiger partial charge >= 0.3 is 0 Å². The van der Waals surface area contributed by atoms with Crippen LogP contribution in [-0.2, 0) is 6.54 Å². The van der Waals surface area contributed by atoms with Crippen molar-refractivity contribution in [2.45, 2.75) is 6.54 Å². The highest BCUT2D eigenvalue weighted by Crippen LogP contribution is 2.04. The maximum absolute atomic E-state index is 11.8. The number of amides is 2. The van der Waals surface area contributed by atoms with Crippen LogP contribution in [0.5, 0.6) is 0 Å². The van der Waals surface area contributed by atoms with Crippen LogP contribution >= 0.6 is 0 Å². The normalized spacial score (nSPS) is 10.0. The molecule has 0 aliphatic heterocycles. The third-order valence-corrected chi connectivity index (χ3v) is 2.73. The monoisotopic (exact) mass is 271 g/mol. The molecule has 4 N–H and O–H groups in total. The smallest absolute Gasteiger partial charge is 0.257 e. The Kier molecular flexibility index (Phi) is 3.95. The molecule has 6 nitrogen and oxygen atoms in total. The van der Waals surface area contributed by atoms with Gasteiger partial charge in [-0.25, -0.2) is 0 Å². The van der Waals surface area contributed by atoms with E-state index < -0.39 is 11.8 Å². The standard InChI is InChI=1S/C14H13N3O3/c15-13(19)10-3-1-2-9(6-10)7-17-14(20)11-8-16-5-4-12(11)18/h1-6,8H,7H2,(H2,15,19)(H,16,18)(H,17,20). The summed E-state index contributed by atoms with van der Waals surface area (Å²) in [5.41, 5.74) is 5.96. The Morgan fingerprint density at radius 3 is 2.75 bits per heavy atom. The number of aromatic nitrogens is 1. The number of H-pyrrole nitrogens is 1. The number of primary amides is 1. The quantitative estimate of drug-likeness (QED) is 0.749. The maximum atomic E-state index is 11.8. The summed E-state index contributed by atoms with van der Waals surface area (Å²) in [6, 6.07) is 7.90. The number of carbonyl (C=O) groups excluding carboxylic acids is 2. The summed E-state index contributed by atoms with van der Waals surface area (Å²) in [7, 11) is 0. The Hall–Kier alpha value is -2.89. The first-order chi connectivity index (χ1) is 9.58. The van der Waals surface area contributed by atoms with E-state index in [1.54, 1.807) is 24.3 Å². The van der Waals surface area contributed by atoms with E-state index in [-0.39, 0.29) is 17.5 Å². The molecular weight excluding hydrogens is 258 g/mol. The van der Waals surface area contributed by atoms with Gasteiger partial charge in [-0.1, -0.05) is 12.1 Å². The summed E-state index contributed by atoms with van der Waals surface area (Å²) >= 11 is 0. The summed E-state index contributed by atoms with van der Waals surface area (Å²) in [6.07, 6.45) is 2.80. The average Bonchev–Trinajstić information content (AvgIpc) is 2.45. The fraction of sp³-hybridized carbons (Fsp3) is 0.0714. The topological polar surface area (TPSA) is 105 Å². The molecule has 102 valence electrons. The number of benzene rings is 1. The molecule has 2 rings (SSSR count). The number of hydrogen-bond acceptors (Lipinski definition) is 3. The summed E-state index contributed by atoms with van der Waals surface area (Å²) in [5.74, 6) is -1.01. The van der Waals surface area contributed by atoms with Crippen LogP contribution in [0.15, 0.2) is 47.5 Å². The van der Waals surface area contributed by atoms with Crippen LogP contribution in [0.25, 0.3) is 0 Å². The van der Waals surface area contributed by atoms with Crippen molar-refractivity contribution in [1.82, 2.24) is 10.3 Å². The van der Waals surface area contributed by atoms with Gasteiger partial charge in [0.2, 0.25) is 5.91 Å². The lowest BCUT2D eigenvalue weighted by atomic mass is 10.1. The van der Waals surface area contributed by atoms with Crippen LogP contribution in [0, 0.1) is 0 Å². The molecule has 1 aromatic heterocycles. The molecule has 1 heterocycles. The molecule has 1 aromatic carbocycles. The minimum atomic E-state index is -0.530. The first-order valence-electron chi connectivity index (χ1n) is 5.92.